The van der Waals surface area contributed by atoms with Crippen molar-refractivity contribution in [2.24, 2.45) is 5.92 Å². The summed E-state index contributed by atoms with van der Waals surface area (Å²) in [6.45, 7) is 1.21. The Hall–Kier alpha value is -1.01. The van der Waals surface area contributed by atoms with E-state index >= 15 is 0 Å². The molecule has 0 unspecified atom stereocenters. The monoisotopic (exact) mass is 286 g/mol. The van der Waals surface area contributed by atoms with Crippen LogP contribution >= 0.6 is 23.4 Å². The molecule has 0 spiro atoms. The maximum absolute atomic E-state index is 11.4. The molecule has 18 heavy (non-hydrogen) atoms. The van der Waals surface area contributed by atoms with Gasteiger partial charge in [-0.15, -0.1) is 0 Å². The second-order valence-corrected chi connectivity index (χ2v) is 5.22. The quantitative estimate of drug-likeness (QED) is 0.361. The Kier molecular flexibility index (Phi) is 4.66. The van der Waals surface area contributed by atoms with Crippen LogP contribution in [0.3, 0.4) is 0 Å². The van der Waals surface area contributed by atoms with E-state index in [0.29, 0.717) is 29.2 Å². The van der Waals surface area contributed by atoms with Crippen molar-refractivity contribution in [3.63, 3.8) is 0 Å². The van der Waals surface area contributed by atoms with Gasteiger partial charge in [-0.1, -0.05) is 23.4 Å². The van der Waals surface area contributed by atoms with Gasteiger partial charge in [0.1, 0.15) is 11.0 Å². The van der Waals surface area contributed by atoms with Crippen molar-refractivity contribution in [1.29, 1.82) is 0 Å². The number of rotatable bonds is 6. The highest BCUT2D eigenvalue weighted by molar-refractivity contribution is 7.98. The number of anilines is 1. The van der Waals surface area contributed by atoms with Crippen LogP contribution in [0.2, 0.25) is 5.15 Å². The second kappa shape index (κ2) is 6.24. The van der Waals surface area contributed by atoms with Gasteiger partial charge in [-0.3, -0.25) is 4.79 Å². The fraction of sp³-hybridized carbons (Fsp3) is 0.545. The summed E-state index contributed by atoms with van der Waals surface area (Å²) < 4.78 is 0. The third-order valence-corrected chi connectivity index (χ3v) is 3.28. The van der Waals surface area contributed by atoms with Crippen LogP contribution in [0.15, 0.2) is 11.2 Å². The lowest BCUT2D eigenvalue weighted by Gasteiger charge is -2.08. The van der Waals surface area contributed by atoms with Crippen molar-refractivity contribution in [3.8, 4) is 0 Å². The molecule has 1 saturated carbocycles. The summed E-state index contributed by atoms with van der Waals surface area (Å²) in [6, 6.07) is 1.67. The number of nitrogens with one attached hydrogen (secondary N) is 2. The lowest BCUT2D eigenvalue weighted by atomic mass is 10.4. The molecule has 1 aliphatic carbocycles. The molecule has 1 aromatic heterocycles. The van der Waals surface area contributed by atoms with Gasteiger partial charge in [0.2, 0.25) is 5.91 Å². The smallest absolute Gasteiger partial charge is 0.223 e. The number of amides is 1. The standard InChI is InChI=1S/C11H15ClN4OS/c1-18-11-15-8(12)6-9(16-11)13-4-5-14-10(17)7-2-3-7/h6-7H,2-5H2,1H3,(H,14,17)(H,13,15,16). The van der Waals surface area contributed by atoms with Crippen LogP contribution in [-0.4, -0.2) is 35.2 Å². The average Bonchev–Trinajstić information content (AvgIpc) is 3.17. The van der Waals surface area contributed by atoms with E-state index < -0.39 is 0 Å². The Morgan fingerprint density at radius 1 is 1.50 bits per heavy atom. The van der Waals surface area contributed by atoms with E-state index in [1.807, 2.05) is 6.26 Å². The van der Waals surface area contributed by atoms with Gasteiger partial charge in [0, 0.05) is 25.1 Å². The number of hydrogen-bond acceptors (Lipinski definition) is 5. The molecule has 0 atom stereocenters. The molecule has 0 aromatic carbocycles. The molecule has 0 bridgehead atoms. The number of aromatic nitrogens is 2. The first-order chi connectivity index (χ1) is 8.69. The van der Waals surface area contributed by atoms with Gasteiger partial charge in [-0.25, -0.2) is 9.97 Å². The molecule has 1 aliphatic rings. The summed E-state index contributed by atoms with van der Waals surface area (Å²) in [5.74, 6) is 1.09. The van der Waals surface area contributed by atoms with Crippen molar-refractivity contribution in [1.82, 2.24) is 15.3 Å². The number of hydrogen-bond donors (Lipinski definition) is 2. The molecule has 2 rings (SSSR count). The number of carbonyl (C=O) groups excluding carboxylic acids is 1. The number of halogens is 1. The fourth-order valence-corrected chi connectivity index (χ4v) is 2.06. The summed E-state index contributed by atoms with van der Waals surface area (Å²) in [5, 5.41) is 7.03. The Morgan fingerprint density at radius 3 is 2.94 bits per heavy atom. The van der Waals surface area contributed by atoms with Gasteiger partial charge in [0.05, 0.1) is 0 Å². The van der Waals surface area contributed by atoms with Crippen molar-refractivity contribution < 1.29 is 4.79 Å². The summed E-state index contributed by atoms with van der Waals surface area (Å²) in [7, 11) is 0. The normalized spacial score (nSPS) is 14.3. The molecule has 0 aliphatic heterocycles. The lowest BCUT2D eigenvalue weighted by Crippen LogP contribution is -2.29. The van der Waals surface area contributed by atoms with Crippen LogP contribution < -0.4 is 10.6 Å². The van der Waals surface area contributed by atoms with Crippen LogP contribution in [-0.2, 0) is 4.79 Å². The molecule has 1 amide bonds. The number of carbonyl (C=O) groups is 1. The van der Waals surface area contributed by atoms with Crippen molar-refractivity contribution in [3.05, 3.63) is 11.2 Å². The number of nitrogens with zero attached hydrogens (tertiary/aromatic N) is 2. The highest BCUT2D eigenvalue weighted by atomic mass is 35.5. The van der Waals surface area contributed by atoms with Gasteiger partial charge in [-0.2, -0.15) is 0 Å². The third kappa shape index (κ3) is 4.03. The molecule has 5 nitrogen and oxygen atoms in total. The zero-order chi connectivity index (χ0) is 13.0. The van der Waals surface area contributed by atoms with Gasteiger partial charge < -0.3 is 10.6 Å². The average molecular weight is 287 g/mol. The molecular weight excluding hydrogens is 272 g/mol. The van der Waals surface area contributed by atoms with Gasteiger partial charge in [0.15, 0.2) is 5.16 Å². The molecule has 2 N–H and O–H groups in total. The summed E-state index contributed by atoms with van der Waals surface area (Å²) in [4.78, 5) is 19.7. The van der Waals surface area contributed by atoms with E-state index in [4.69, 9.17) is 11.6 Å². The molecule has 98 valence electrons. The van der Waals surface area contributed by atoms with Gasteiger partial charge in [-0.05, 0) is 19.1 Å². The minimum atomic E-state index is 0.155. The maximum atomic E-state index is 11.4. The van der Waals surface area contributed by atoms with E-state index in [0.717, 1.165) is 12.8 Å². The van der Waals surface area contributed by atoms with Gasteiger partial charge >= 0.3 is 0 Å². The van der Waals surface area contributed by atoms with Crippen LogP contribution in [0.1, 0.15) is 12.8 Å². The van der Waals surface area contributed by atoms with E-state index in [2.05, 4.69) is 20.6 Å². The van der Waals surface area contributed by atoms with E-state index in [1.54, 1.807) is 6.07 Å². The topological polar surface area (TPSA) is 66.9 Å². The van der Waals surface area contributed by atoms with Crippen molar-refractivity contribution in [2.75, 3.05) is 24.7 Å². The minimum absolute atomic E-state index is 0.155. The SMILES string of the molecule is CSc1nc(Cl)cc(NCCNC(=O)C2CC2)n1. The highest BCUT2D eigenvalue weighted by Gasteiger charge is 2.28. The Bertz CT molecular complexity index is 439. The zero-order valence-electron chi connectivity index (χ0n) is 10.1. The molecular formula is C11H15ClN4OS. The molecule has 1 aromatic rings. The van der Waals surface area contributed by atoms with Crippen LogP contribution in [0.4, 0.5) is 5.82 Å². The van der Waals surface area contributed by atoms with Crippen LogP contribution in [0.5, 0.6) is 0 Å². The fourth-order valence-electron chi connectivity index (χ4n) is 1.44. The van der Waals surface area contributed by atoms with E-state index in [9.17, 15) is 4.79 Å². The predicted molar refractivity (Wildman–Crippen MR) is 73.0 cm³/mol. The summed E-state index contributed by atoms with van der Waals surface area (Å²) in [6.07, 6.45) is 3.95. The highest BCUT2D eigenvalue weighted by Crippen LogP contribution is 2.28. The first-order valence-corrected chi connectivity index (χ1v) is 7.39. The predicted octanol–water partition coefficient (Wildman–Crippen LogP) is 1.79. The zero-order valence-corrected chi connectivity index (χ0v) is 11.6. The van der Waals surface area contributed by atoms with Crippen LogP contribution in [0, 0.1) is 5.92 Å². The first-order valence-electron chi connectivity index (χ1n) is 5.79. The molecule has 0 saturated heterocycles. The first kappa shape index (κ1) is 13.4. The molecule has 7 heteroatoms. The molecule has 1 heterocycles. The number of thioether (sulfide) groups is 1. The van der Waals surface area contributed by atoms with Crippen LogP contribution in [0.25, 0.3) is 0 Å². The summed E-state index contributed by atoms with van der Waals surface area (Å²) in [5.41, 5.74) is 0. The maximum Gasteiger partial charge on any atom is 0.223 e. The van der Waals surface area contributed by atoms with Crippen molar-refractivity contribution in [2.45, 2.75) is 18.0 Å². The molecule has 0 radical (unpaired) electrons. The van der Waals surface area contributed by atoms with Crippen molar-refractivity contribution >= 4 is 35.1 Å². The minimum Gasteiger partial charge on any atom is -0.368 e. The summed E-state index contributed by atoms with van der Waals surface area (Å²) >= 11 is 7.30. The second-order valence-electron chi connectivity index (χ2n) is 4.05. The third-order valence-electron chi connectivity index (χ3n) is 2.54. The van der Waals surface area contributed by atoms with E-state index in [-0.39, 0.29) is 11.8 Å². The Morgan fingerprint density at radius 2 is 2.28 bits per heavy atom. The Balaban J connectivity index is 1.75. The largest absolute Gasteiger partial charge is 0.368 e. The van der Waals surface area contributed by atoms with Gasteiger partial charge in [0.25, 0.3) is 0 Å². The molecule has 1 fully saturated rings. The Labute approximate surface area is 115 Å². The lowest BCUT2D eigenvalue weighted by molar-refractivity contribution is -0.122. The van der Waals surface area contributed by atoms with E-state index in [1.165, 1.54) is 11.8 Å².